The second-order valence-electron chi connectivity index (χ2n) is 7.08. The number of amides is 2. The maximum absolute atomic E-state index is 12.1. The molecule has 3 rings (SSSR count). The zero-order valence-corrected chi connectivity index (χ0v) is 15.4. The van der Waals surface area contributed by atoms with Crippen LogP contribution in [-0.2, 0) is 17.8 Å². The van der Waals surface area contributed by atoms with Gasteiger partial charge < -0.3 is 9.73 Å². The first-order valence-corrected chi connectivity index (χ1v) is 8.98. The van der Waals surface area contributed by atoms with Crippen LogP contribution in [0, 0.1) is 0 Å². The van der Waals surface area contributed by atoms with Crippen molar-refractivity contribution in [2.24, 2.45) is 0 Å². The average molecular weight is 362 g/mol. The Kier molecular flexibility index (Phi) is 4.91. The third-order valence-electron chi connectivity index (χ3n) is 3.66. The van der Waals surface area contributed by atoms with E-state index in [9.17, 15) is 9.59 Å². The van der Waals surface area contributed by atoms with E-state index in [0.29, 0.717) is 18.2 Å². The summed E-state index contributed by atoms with van der Waals surface area (Å²) in [4.78, 5) is 31.8. The van der Waals surface area contributed by atoms with Crippen molar-refractivity contribution in [3.05, 3.63) is 34.7 Å². The van der Waals surface area contributed by atoms with E-state index in [1.54, 1.807) is 12.1 Å². The summed E-state index contributed by atoms with van der Waals surface area (Å²) in [5, 5.41) is 6.30. The van der Waals surface area contributed by atoms with Gasteiger partial charge in [0.25, 0.3) is 5.91 Å². The number of hydrogen-bond donors (Lipinski definition) is 2. The highest BCUT2D eigenvalue weighted by atomic mass is 32.1. The minimum absolute atomic E-state index is 0.0202. The van der Waals surface area contributed by atoms with Crippen LogP contribution in [0.2, 0.25) is 0 Å². The van der Waals surface area contributed by atoms with Crippen molar-refractivity contribution in [1.82, 2.24) is 15.2 Å². The number of furan rings is 1. The van der Waals surface area contributed by atoms with Gasteiger partial charge in [-0.1, -0.05) is 0 Å². The predicted molar refractivity (Wildman–Crippen MR) is 95.7 cm³/mol. The molecule has 0 aromatic carbocycles. The molecular formula is C17H22N4O3S. The van der Waals surface area contributed by atoms with Gasteiger partial charge in [0.15, 0.2) is 10.9 Å². The van der Waals surface area contributed by atoms with Gasteiger partial charge in [-0.05, 0) is 32.9 Å². The smallest absolute Gasteiger partial charge is 0.293 e. The quantitative estimate of drug-likeness (QED) is 0.871. The molecule has 0 spiro atoms. The highest BCUT2D eigenvalue weighted by Gasteiger charge is 2.24. The first-order valence-electron chi connectivity index (χ1n) is 8.17. The van der Waals surface area contributed by atoms with Crippen LogP contribution in [-0.4, -0.2) is 40.3 Å². The Morgan fingerprint density at radius 1 is 1.40 bits per heavy atom. The Morgan fingerprint density at radius 2 is 2.20 bits per heavy atom. The molecule has 0 fully saturated rings. The summed E-state index contributed by atoms with van der Waals surface area (Å²) in [7, 11) is 0. The number of anilines is 1. The standard InChI is InChI=1S/C17H22N4O3S/c1-17(2,3)20-14(22)10-21-7-6-11-13(9-21)25-16(18-11)19-15(23)12-5-4-8-24-12/h4-5,8H,6-7,9-10H2,1-3H3,(H,20,22)(H,18,19,23). The van der Waals surface area contributed by atoms with Crippen molar-refractivity contribution in [3.8, 4) is 0 Å². The summed E-state index contributed by atoms with van der Waals surface area (Å²) in [6.45, 7) is 7.72. The molecule has 1 aliphatic heterocycles. The van der Waals surface area contributed by atoms with Gasteiger partial charge in [0.1, 0.15) is 0 Å². The van der Waals surface area contributed by atoms with Crippen molar-refractivity contribution in [2.75, 3.05) is 18.4 Å². The molecule has 3 heterocycles. The number of nitrogens with zero attached hydrogens (tertiary/aromatic N) is 2. The molecule has 2 aromatic rings. The minimum atomic E-state index is -0.308. The lowest BCUT2D eigenvalue weighted by molar-refractivity contribution is -0.123. The van der Waals surface area contributed by atoms with Gasteiger partial charge in [-0.15, -0.1) is 11.3 Å². The lowest BCUT2D eigenvalue weighted by Gasteiger charge is -2.27. The van der Waals surface area contributed by atoms with Gasteiger partial charge in [0.05, 0.1) is 18.5 Å². The van der Waals surface area contributed by atoms with Crippen LogP contribution in [0.3, 0.4) is 0 Å². The molecule has 0 saturated heterocycles. The number of carbonyl (C=O) groups is 2. The van der Waals surface area contributed by atoms with Crippen LogP contribution in [0.15, 0.2) is 22.8 Å². The van der Waals surface area contributed by atoms with Gasteiger partial charge in [0.2, 0.25) is 5.91 Å². The predicted octanol–water partition coefficient (Wildman–Crippen LogP) is 2.26. The van der Waals surface area contributed by atoms with Gasteiger partial charge in [0, 0.05) is 29.9 Å². The van der Waals surface area contributed by atoms with E-state index in [4.69, 9.17) is 4.42 Å². The molecule has 0 radical (unpaired) electrons. The SMILES string of the molecule is CC(C)(C)NC(=O)CN1CCc2nc(NC(=O)c3ccco3)sc2C1. The highest BCUT2D eigenvalue weighted by molar-refractivity contribution is 7.15. The molecule has 25 heavy (non-hydrogen) atoms. The van der Waals surface area contributed by atoms with Crippen molar-refractivity contribution in [2.45, 2.75) is 39.3 Å². The van der Waals surface area contributed by atoms with Crippen LogP contribution in [0.25, 0.3) is 0 Å². The molecule has 134 valence electrons. The van der Waals surface area contributed by atoms with E-state index in [2.05, 4.69) is 20.5 Å². The van der Waals surface area contributed by atoms with Gasteiger partial charge in [-0.2, -0.15) is 0 Å². The number of hydrogen-bond acceptors (Lipinski definition) is 6. The van der Waals surface area contributed by atoms with Crippen LogP contribution in [0.1, 0.15) is 41.9 Å². The summed E-state index contributed by atoms with van der Waals surface area (Å²) in [6.07, 6.45) is 2.23. The molecule has 2 aromatic heterocycles. The molecule has 0 bridgehead atoms. The molecule has 7 nitrogen and oxygen atoms in total. The number of rotatable bonds is 4. The number of aromatic nitrogens is 1. The molecule has 2 N–H and O–H groups in total. The second-order valence-corrected chi connectivity index (χ2v) is 8.16. The van der Waals surface area contributed by atoms with E-state index >= 15 is 0 Å². The fraction of sp³-hybridized carbons (Fsp3) is 0.471. The van der Waals surface area contributed by atoms with E-state index in [-0.39, 0.29) is 23.1 Å². The van der Waals surface area contributed by atoms with Crippen molar-refractivity contribution in [1.29, 1.82) is 0 Å². The van der Waals surface area contributed by atoms with Crippen LogP contribution in [0.5, 0.6) is 0 Å². The maximum Gasteiger partial charge on any atom is 0.293 e. The summed E-state index contributed by atoms with van der Waals surface area (Å²) in [5.41, 5.74) is 0.762. The Labute approximate surface area is 150 Å². The molecule has 0 saturated carbocycles. The Bertz CT molecular complexity index is 761. The summed E-state index contributed by atoms with van der Waals surface area (Å²) < 4.78 is 5.08. The molecule has 0 unspecified atom stereocenters. The molecule has 0 aliphatic carbocycles. The van der Waals surface area contributed by atoms with Crippen molar-refractivity contribution < 1.29 is 14.0 Å². The Morgan fingerprint density at radius 3 is 2.88 bits per heavy atom. The Balaban J connectivity index is 1.59. The third kappa shape index (κ3) is 4.67. The summed E-state index contributed by atoms with van der Waals surface area (Å²) >= 11 is 1.45. The van der Waals surface area contributed by atoms with E-state index in [1.165, 1.54) is 17.6 Å². The average Bonchev–Trinajstić information content (AvgIpc) is 3.13. The zero-order chi connectivity index (χ0) is 18.0. The molecule has 1 aliphatic rings. The molecule has 0 atom stereocenters. The molecule has 2 amide bonds. The van der Waals surface area contributed by atoms with Gasteiger partial charge in [-0.25, -0.2) is 4.98 Å². The maximum atomic E-state index is 12.1. The zero-order valence-electron chi connectivity index (χ0n) is 14.6. The normalized spacial score (nSPS) is 14.8. The fourth-order valence-electron chi connectivity index (χ4n) is 2.66. The van der Waals surface area contributed by atoms with Gasteiger partial charge in [-0.3, -0.25) is 19.8 Å². The minimum Gasteiger partial charge on any atom is -0.459 e. The van der Waals surface area contributed by atoms with Crippen molar-refractivity contribution >= 4 is 28.3 Å². The highest BCUT2D eigenvalue weighted by Crippen LogP contribution is 2.28. The van der Waals surface area contributed by atoms with Crippen molar-refractivity contribution in [3.63, 3.8) is 0 Å². The summed E-state index contributed by atoms with van der Waals surface area (Å²) in [6, 6.07) is 3.28. The number of carbonyl (C=O) groups excluding carboxylic acids is 2. The fourth-order valence-corrected chi connectivity index (χ4v) is 3.71. The lowest BCUT2D eigenvalue weighted by atomic mass is 10.1. The largest absolute Gasteiger partial charge is 0.459 e. The molecular weight excluding hydrogens is 340 g/mol. The number of thiazole rings is 1. The van der Waals surface area contributed by atoms with E-state index in [0.717, 1.165) is 23.5 Å². The number of fused-ring (bicyclic) bond motifs is 1. The first kappa shape index (κ1) is 17.6. The second kappa shape index (κ2) is 6.97. The Hall–Kier alpha value is -2.19. The van der Waals surface area contributed by atoms with E-state index in [1.807, 2.05) is 20.8 Å². The van der Waals surface area contributed by atoms with E-state index < -0.39 is 0 Å². The monoisotopic (exact) mass is 362 g/mol. The third-order valence-corrected chi connectivity index (χ3v) is 4.66. The van der Waals surface area contributed by atoms with Gasteiger partial charge >= 0.3 is 0 Å². The first-order chi connectivity index (χ1) is 11.8. The molecule has 8 heteroatoms. The van der Waals surface area contributed by atoms with Crippen LogP contribution in [0.4, 0.5) is 5.13 Å². The summed E-state index contributed by atoms with van der Waals surface area (Å²) in [5.74, 6) is -0.0297. The van der Waals surface area contributed by atoms with Crippen LogP contribution < -0.4 is 10.6 Å². The van der Waals surface area contributed by atoms with Crippen LogP contribution >= 0.6 is 11.3 Å². The lowest BCUT2D eigenvalue weighted by Crippen LogP contribution is -2.46. The topological polar surface area (TPSA) is 87.5 Å². The number of nitrogens with one attached hydrogen (secondary N) is 2.